The van der Waals surface area contributed by atoms with Crippen LogP contribution in [0.3, 0.4) is 0 Å². The molecule has 0 aliphatic heterocycles. The summed E-state index contributed by atoms with van der Waals surface area (Å²) in [5, 5.41) is 0. The van der Waals surface area contributed by atoms with E-state index in [1.807, 2.05) is 13.8 Å². The third-order valence-electron chi connectivity index (χ3n) is 2.40. The summed E-state index contributed by atoms with van der Waals surface area (Å²) < 4.78 is 31.7. The fourth-order valence-electron chi connectivity index (χ4n) is 1.72. The van der Waals surface area contributed by atoms with Crippen LogP contribution < -0.4 is 5.73 Å². The molecular weight excluding hydrogens is 240 g/mol. The summed E-state index contributed by atoms with van der Waals surface area (Å²) in [6.07, 6.45) is 0.291. The molecule has 5 heteroatoms. The van der Waals surface area contributed by atoms with E-state index in [4.69, 9.17) is 10.5 Å². The normalized spacial score (nSPS) is 12.6. The Kier molecular flexibility index (Phi) is 4.64. The third kappa shape index (κ3) is 3.68. The van der Waals surface area contributed by atoms with E-state index >= 15 is 0 Å². The van der Waals surface area contributed by atoms with Crippen LogP contribution in [0.2, 0.25) is 0 Å². The molecule has 0 aromatic heterocycles. The quantitative estimate of drug-likeness (QED) is 0.666. The molecule has 0 saturated heterocycles. The SMILES string of the molecule is CC(C)CC(C)OC(=O)c1cc(F)cc(N)c1F. The molecule has 3 nitrogen and oxygen atoms in total. The van der Waals surface area contributed by atoms with E-state index in [0.717, 1.165) is 12.1 Å². The Bertz CT molecular complexity index is 447. The number of esters is 1. The van der Waals surface area contributed by atoms with Crippen molar-refractivity contribution in [3.05, 3.63) is 29.3 Å². The number of rotatable bonds is 4. The molecule has 0 aliphatic carbocycles. The summed E-state index contributed by atoms with van der Waals surface area (Å²) in [6.45, 7) is 5.66. The second-order valence-corrected chi connectivity index (χ2v) is 4.70. The van der Waals surface area contributed by atoms with E-state index in [-0.39, 0.29) is 6.10 Å². The van der Waals surface area contributed by atoms with Crippen molar-refractivity contribution in [1.29, 1.82) is 0 Å². The van der Waals surface area contributed by atoms with Crippen LogP contribution in [0.25, 0.3) is 0 Å². The highest BCUT2D eigenvalue weighted by Gasteiger charge is 2.19. The van der Waals surface area contributed by atoms with Gasteiger partial charge in [-0.15, -0.1) is 0 Å². The Morgan fingerprint density at radius 2 is 1.94 bits per heavy atom. The zero-order chi connectivity index (χ0) is 13.9. The predicted molar refractivity (Wildman–Crippen MR) is 65.1 cm³/mol. The zero-order valence-corrected chi connectivity index (χ0v) is 10.7. The van der Waals surface area contributed by atoms with E-state index in [0.29, 0.717) is 12.3 Å². The van der Waals surface area contributed by atoms with Crippen LogP contribution >= 0.6 is 0 Å². The van der Waals surface area contributed by atoms with Crippen molar-refractivity contribution in [1.82, 2.24) is 0 Å². The highest BCUT2D eigenvalue weighted by atomic mass is 19.1. The summed E-state index contributed by atoms with van der Waals surface area (Å²) in [6, 6.07) is 1.61. The highest BCUT2D eigenvalue weighted by Crippen LogP contribution is 2.19. The summed E-state index contributed by atoms with van der Waals surface area (Å²) in [5.41, 5.74) is 4.37. The Balaban J connectivity index is 2.85. The van der Waals surface area contributed by atoms with Gasteiger partial charge in [0.05, 0.1) is 11.8 Å². The van der Waals surface area contributed by atoms with Crippen LogP contribution in [0.5, 0.6) is 0 Å². The van der Waals surface area contributed by atoms with Gasteiger partial charge in [-0.3, -0.25) is 0 Å². The lowest BCUT2D eigenvalue weighted by molar-refractivity contribution is 0.0294. The molecule has 0 aliphatic rings. The topological polar surface area (TPSA) is 52.3 Å². The molecule has 100 valence electrons. The average molecular weight is 257 g/mol. The monoisotopic (exact) mass is 257 g/mol. The predicted octanol–water partition coefficient (Wildman–Crippen LogP) is 3.14. The summed E-state index contributed by atoms with van der Waals surface area (Å²) in [7, 11) is 0. The van der Waals surface area contributed by atoms with Crippen LogP contribution in [0.15, 0.2) is 12.1 Å². The molecule has 0 fully saturated rings. The lowest BCUT2D eigenvalue weighted by Crippen LogP contribution is -2.18. The molecule has 0 heterocycles. The van der Waals surface area contributed by atoms with Gasteiger partial charge in [0.1, 0.15) is 11.4 Å². The molecule has 2 N–H and O–H groups in total. The first kappa shape index (κ1) is 14.4. The molecule has 0 saturated carbocycles. The van der Waals surface area contributed by atoms with Gasteiger partial charge in [-0.25, -0.2) is 13.6 Å². The number of carbonyl (C=O) groups excluding carboxylic acids is 1. The molecule has 1 aromatic carbocycles. The van der Waals surface area contributed by atoms with Gasteiger partial charge in [-0.1, -0.05) is 13.8 Å². The molecule has 0 radical (unpaired) electrons. The standard InChI is InChI=1S/C13H17F2NO2/c1-7(2)4-8(3)18-13(17)10-5-9(14)6-11(16)12(10)15/h5-8H,4,16H2,1-3H3. The van der Waals surface area contributed by atoms with Gasteiger partial charge in [0.25, 0.3) is 0 Å². The van der Waals surface area contributed by atoms with Crippen LogP contribution in [-0.2, 0) is 4.74 Å². The lowest BCUT2D eigenvalue weighted by Gasteiger charge is -2.15. The van der Waals surface area contributed by atoms with E-state index in [2.05, 4.69) is 0 Å². The summed E-state index contributed by atoms with van der Waals surface area (Å²) >= 11 is 0. The molecule has 18 heavy (non-hydrogen) atoms. The highest BCUT2D eigenvalue weighted by molar-refractivity contribution is 5.91. The van der Waals surface area contributed by atoms with E-state index in [1.165, 1.54) is 0 Å². The molecule has 1 unspecified atom stereocenters. The zero-order valence-electron chi connectivity index (χ0n) is 10.7. The van der Waals surface area contributed by atoms with Crippen molar-refractivity contribution in [3.63, 3.8) is 0 Å². The molecule has 0 amide bonds. The number of ether oxygens (including phenoxy) is 1. The van der Waals surface area contributed by atoms with Gasteiger partial charge >= 0.3 is 5.97 Å². The van der Waals surface area contributed by atoms with E-state index in [9.17, 15) is 13.6 Å². The van der Waals surface area contributed by atoms with Crippen molar-refractivity contribution >= 4 is 11.7 Å². The van der Waals surface area contributed by atoms with Crippen LogP contribution in [0.1, 0.15) is 37.6 Å². The number of hydrogen-bond acceptors (Lipinski definition) is 3. The van der Waals surface area contributed by atoms with Gasteiger partial charge < -0.3 is 10.5 Å². The van der Waals surface area contributed by atoms with Crippen LogP contribution in [0, 0.1) is 17.6 Å². The smallest absolute Gasteiger partial charge is 0.341 e. The second-order valence-electron chi connectivity index (χ2n) is 4.70. The minimum atomic E-state index is -0.946. The van der Waals surface area contributed by atoms with Gasteiger partial charge in [0.15, 0.2) is 5.82 Å². The Hall–Kier alpha value is -1.65. The third-order valence-corrected chi connectivity index (χ3v) is 2.40. The van der Waals surface area contributed by atoms with Crippen molar-refractivity contribution in [2.75, 3.05) is 5.73 Å². The molecule has 1 atom stereocenters. The van der Waals surface area contributed by atoms with Crippen molar-refractivity contribution in [2.45, 2.75) is 33.3 Å². The van der Waals surface area contributed by atoms with Crippen LogP contribution in [0.4, 0.5) is 14.5 Å². The number of nitrogens with two attached hydrogens (primary N) is 1. The van der Waals surface area contributed by atoms with E-state index < -0.39 is 28.9 Å². The maximum atomic E-state index is 13.6. The van der Waals surface area contributed by atoms with Crippen molar-refractivity contribution in [3.8, 4) is 0 Å². The minimum absolute atomic E-state index is 0.343. The lowest BCUT2D eigenvalue weighted by atomic mass is 10.1. The first-order chi connectivity index (χ1) is 8.31. The fourth-order valence-corrected chi connectivity index (χ4v) is 1.72. The van der Waals surface area contributed by atoms with Gasteiger partial charge in [0, 0.05) is 0 Å². The number of benzene rings is 1. The number of carbonyl (C=O) groups is 1. The first-order valence-corrected chi connectivity index (χ1v) is 5.76. The molecule has 1 rings (SSSR count). The number of hydrogen-bond donors (Lipinski definition) is 1. The Morgan fingerprint density at radius 1 is 1.33 bits per heavy atom. The maximum Gasteiger partial charge on any atom is 0.341 e. The fraction of sp³-hybridized carbons (Fsp3) is 0.462. The first-order valence-electron chi connectivity index (χ1n) is 5.76. The van der Waals surface area contributed by atoms with E-state index in [1.54, 1.807) is 6.92 Å². The Morgan fingerprint density at radius 3 is 2.50 bits per heavy atom. The number of nitrogen functional groups attached to an aromatic ring is 1. The molecule has 0 spiro atoms. The minimum Gasteiger partial charge on any atom is -0.459 e. The average Bonchev–Trinajstić information content (AvgIpc) is 2.21. The van der Waals surface area contributed by atoms with Gasteiger partial charge in [-0.2, -0.15) is 0 Å². The molecule has 0 bridgehead atoms. The Labute approximate surface area is 105 Å². The van der Waals surface area contributed by atoms with Crippen molar-refractivity contribution < 1.29 is 18.3 Å². The summed E-state index contributed by atoms with van der Waals surface area (Å²) in [4.78, 5) is 11.7. The number of anilines is 1. The molecule has 1 aromatic rings. The number of halogens is 2. The largest absolute Gasteiger partial charge is 0.459 e. The van der Waals surface area contributed by atoms with Crippen LogP contribution in [-0.4, -0.2) is 12.1 Å². The van der Waals surface area contributed by atoms with Crippen molar-refractivity contribution in [2.24, 2.45) is 5.92 Å². The summed E-state index contributed by atoms with van der Waals surface area (Å²) in [5.74, 6) is -2.27. The van der Waals surface area contributed by atoms with Gasteiger partial charge in [-0.05, 0) is 31.4 Å². The second kappa shape index (κ2) is 5.80. The van der Waals surface area contributed by atoms with Gasteiger partial charge in [0.2, 0.25) is 0 Å². The maximum absolute atomic E-state index is 13.6. The molecular formula is C13H17F2NO2.